The zero-order chi connectivity index (χ0) is 30.7. The average molecular weight is 621 g/mol. The predicted octanol–water partition coefficient (Wildman–Crippen LogP) is 6.39. The van der Waals surface area contributed by atoms with Crippen molar-refractivity contribution >= 4 is 17.1 Å². The van der Waals surface area contributed by atoms with Crippen molar-refractivity contribution in [3.8, 4) is 0 Å². The second-order valence-electron chi connectivity index (χ2n) is 11.0. The topological polar surface area (TPSA) is 107 Å². The summed E-state index contributed by atoms with van der Waals surface area (Å²) in [6, 6.07) is 41.4. The zero-order valence-corrected chi connectivity index (χ0v) is 26.4. The average Bonchev–Trinajstić information content (AvgIpc) is 3.28. The molecule has 0 spiro atoms. The van der Waals surface area contributed by atoms with Gasteiger partial charge in [-0.15, -0.1) is 0 Å². The SMILES string of the molecule is CN(C)P1OC(c2ccccc2)(c2ccccc2)C2OC(C)(C)OC2C(c2ccccc2)(c2ccccc2)O1.NP(O)O. The maximum Gasteiger partial charge on any atom is 0.260 e. The Kier molecular flexibility index (Phi) is 9.76. The lowest BCUT2D eigenvalue weighted by atomic mass is 9.72. The summed E-state index contributed by atoms with van der Waals surface area (Å²) < 4.78 is 30.5. The maximum absolute atomic E-state index is 7.45. The van der Waals surface area contributed by atoms with Crippen LogP contribution < -0.4 is 5.50 Å². The van der Waals surface area contributed by atoms with Gasteiger partial charge in [-0.3, -0.25) is 5.50 Å². The minimum atomic E-state index is -2.12. The van der Waals surface area contributed by atoms with E-state index in [9.17, 15) is 0 Å². The Morgan fingerprint density at radius 2 is 0.860 bits per heavy atom. The number of hydrogen-bond acceptors (Lipinski definition) is 8. The number of hydrogen-bond donors (Lipinski definition) is 3. The van der Waals surface area contributed by atoms with Crippen molar-refractivity contribution in [2.24, 2.45) is 5.50 Å². The minimum absolute atomic E-state index is 0.551. The molecule has 4 aromatic rings. The van der Waals surface area contributed by atoms with Crippen LogP contribution in [0.5, 0.6) is 0 Å². The Labute approximate surface area is 255 Å². The lowest BCUT2D eigenvalue weighted by Gasteiger charge is -2.41. The van der Waals surface area contributed by atoms with Crippen molar-refractivity contribution in [1.82, 2.24) is 4.67 Å². The molecule has 8 nitrogen and oxygen atoms in total. The molecular formula is C33H38N2O6P2. The van der Waals surface area contributed by atoms with Crippen LogP contribution in [-0.2, 0) is 29.7 Å². The molecule has 0 bridgehead atoms. The Morgan fingerprint density at radius 1 is 0.605 bits per heavy atom. The van der Waals surface area contributed by atoms with Crippen LogP contribution in [0.4, 0.5) is 0 Å². The van der Waals surface area contributed by atoms with Crippen molar-refractivity contribution in [1.29, 1.82) is 0 Å². The van der Waals surface area contributed by atoms with Crippen LogP contribution in [0.1, 0.15) is 36.1 Å². The van der Waals surface area contributed by atoms with Gasteiger partial charge in [0, 0.05) is 0 Å². The first-order valence-corrected chi connectivity index (χ1v) is 16.4. The molecule has 43 heavy (non-hydrogen) atoms. The van der Waals surface area contributed by atoms with Gasteiger partial charge in [-0.25, -0.2) is 4.67 Å². The van der Waals surface area contributed by atoms with E-state index < -0.39 is 46.2 Å². The quantitative estimate of drug-likeness (QED) is 0.221. The number of ether oxygens (including phenoxy) is 2. The molecule has 0 saturated carbocycles. The molecule has 4 N–H and O–H groups in total. The first kappa shape index (κ1) is 31.8. The summed E-state index contributed by atoms with van der Waals surface area (Å²) >= 11 is 0. The van der Waals surface area contributed by atoms with Crippen LogP contribution in [0, 0.1) is 0 Å². The van der Waals surface area contributed by atoms with E-state index in [4.69, 9.17) is 28.3 Å². The van der Waals surface area contributed by atoms with E-state index in [0.717, 1.165) is 22.3 Å². The van der Waals surface area contributed by atoms with E-state index in [-0.39, 0.29) is 0 Å². The van der Waals surface area contributed by atoms with Crippen LogP contribution in [0.15, 0.2) is 121 Å². The van der Waals surface area contributed by atoms with Gasteiger partial charge in [0.25, 0.3) is 8.53 Å². The van der Waals surface area contributed by atoms with Crippen molar-refractivity contribution in [3.63, 3.8) is 0 Å². The van der Waals surface area contributed by atoms with Crippen LogP contribution in [0.3, 0.4) is 0 Å². The van der Waals surface area contributed by atoms with Crippen molar-refractivity contribution < 1.29 is 28.3 Å². The molecule has 0 aliphatic carbocycles. The number of fused-ring (bicyclic) bond motifs is 1. The summed E-state index contributed by atoms with van der Waals surface area (Å²) in [7, 11) is 0.269. The summed E-state index contributed by atoms with van der Waals surface area (Å²) in [5, 5.41) is 0. The largest absolute Gasteiger partial charge is 0.341 e. The van der Waals surface area contributed by atoms with Crippen molar-refractivity contribution in [3.05, 3.63) is 144 Å². The monoisotopic (exact) mass is 620 g/mol. The summed E-state index contributed by atoms with van der Waals surface area (Å²) in [5.74, 6) is -0.885. The Balaban J connectivity index is 0.000000868. The summed E-state index contributed by atoms with van der Waals surface area (Å²) in [6.45, 7) is 3.94. The first-order chi connectivity index (χ1) is 20.6. The van der Waals surface area contributed by atoms with Gasteiger partial charge in [-0.1, -0.05) is 121 Å². The summed E-state index contributed by atoms with van der Waals surface area (Å²) in [4.78, 5) is 14.9. The Bertz CT molecular complexity index is 1260. The van der Waals surface area contributed by atoms with Gasteiger partial charge in [0.1, 0.15) is 12.2 Å². The molecule has 0 amide bonds. The number of nitrogens with two attached hydrogens (primary N) is 1. The fourth-order valence-corrected chi connectivity index (χ4v) is 7.32. The molecule has 4 aromatic carbocycles. The molecule has 226 valence electrons. The van der Waals surface area contributed by atoms with Gasteiger partial charge in [-0.05, 0) is 50.2 Å². The highest BCUT2D eigenvalue weighted by Gasteiger charge is 2.67. The van der Waals surface area contributed by atoms with Crippen LogP contribution in [0.2, 0.25) is 0 Å². The summed E-state index contributed by atoms with van der Waals surface area (Å²) in [5.41, 5.74) is 6.22. The third-order valence-corrected chi connectivity index (χ3v) is 9.02. The molecule has 2 aliphatic rings. The minimum Gasteiger partial charge on any atom is -0.341 e. The van der Waals surface area contributed by atoms with Gasteiger partial charge in [0.2, 0.25) is 8.53 Å². The van der Waals surface area contributed by atoms with Crippen LogP contribution >= 0.6 is 17.1 Å². The highest BCUT2D eigenvalue weighted by Crippen LogP contribution is 2.65. The first-order valence-electron chi connectivity index (χ1n) is 14.0. The van der Waals surface area contributed by atoms with Crippen molar-refractivity contribution in [2.45, 2.75) is 43.0 Å². The molecule has 2 saturated heterocycles. The van der Waals surface area contributed by atoms with Gasteiger partial charge >= 0.3 is 0 Å². The van der Waals surface area contributed by atoms with E-state index >= 15 is 0 Å². The fourth-order valence-electron chi connectivity index (χ4n) is 5.83. The number of rotatable bonds is 5. The molecule has 2 aliphatic heterocycles. The molecule has 6 rings (SSSR count). The van der Waals surface area contributed by atoms with Gasteiger partial charge in [0.05, 0.1) is 0 Å². The molecule has 2 atom stereocenters. The lowest BCUT2D eigenvalue weighted by Crippen LogP contribution is -2.53. The van der Waals surface area contributed by atoms with E-state index in [1.54, 1.807) is 0 Å². The Hall–Kier alpha value is -2.58. The smallest absolute Gasteiger partial charge is 0.260 e. The highest BCUT2D eigenvalue weighted by molar-refractivity contribution is 7.44. The van der Waals surface area contributed by atoms with E-state index in [1.165, 1.54) is 0 Å². The normalized spacial score (nSPS) is 23.6. The maximum atomic E-state index is 7.45. The van der Waals surface area contributed by atoms with Crippen LogP contribution in [-0.4, -0.2) is 46.5 Å². The van der Waals surface area contributed by atoms with Gasteiger partial charge < -0.3 is 28.3 Å². The van der Waals surface area contributed by atoms with Gasteiger partial charge in [0.15, 0.2) is 17.0 Å². The highest BCUT2D eigenvalue weighted by atomic mass is 31.2. The molecule has 2 unspecified atom stereocenters. The van der Waals surface area contributed by atoms with E-state index in [0.29, 0.717) is 0 Å². The molecule has 2 fully saturated rings. The zero-order valence-electron chi connectivity index (χ0n) is 24.6. The van der Waals surface area contributed by atoms with Crippen LogP contribution in [0.25, 0.3) is 0 Å². The number of nitrogens with zero attached hydrogens (tertiary/aromatic N) is 1. The number of benzene rings is 4. The van der Waals surface area contributed by atoms with Gasteiger partial charge in [-0.2, -0.15) is 0 Å². The third kappa shape index (κ3) is 6.32. The van der Waals surface area contributed by atoms with Crippen molar-refractivity contribution in [2.75, 3.05) is 14.1 Å². The fraction of sp³-hybridized carbons (Fsp3) is 0.273. The standard InChI is InChI=1S/C33H34NO4P.H4NO2P/c1-31(2)35-29-30(36-31)33(27-21-13-7-14-22-27,28-23-15-8-16-24-28)38-39(34(3)4)37-32(29,25-17-9-5-10-18-25)26-19-11-6-12-20-26;1-4(2)3/h5-24,29-30H,1-4H3;2-3H,1H2. The summed E-state index contributed by atoms with van der Waals surface area (Å²) in [6.07, 6.45) is -1.10. The van der Waals surface area contributed by atoms with E-state index in [2.05, 4.69) is 54.0 Å². The second-order valence-corrected chi connectivity index (χ2v) is 13.3. The second kappa shape index (κ2) is 13.2. The Morgan fingerprint density at radius 3 is 1.09 bits per heavy atom. The predicted molar refractivity (Wildman–Crippen MR) is 169 cm³/mol. The molecule has 0 radical (unpaired) electrons. The molecular weight excluding hydrogens is 582 g/mol. The molecule has 2 heterocycles. The van der Waals surface area contributed by atoms with E-state index in [1.807, 2.05) is 105 Å². The lowest BCUT2D eigenvalue weighted by molar-refractivity contribution is -0.175. The third-order valence-electron chi connectivity index (χ3n) is 7.48. The molecule has 10 heteroatoms. The molecule has 0 aromatic heterocycles.